The number of benzene rings is 2. The lowest BCUT2D eigenvalue weighted by Gasteiger charge is -2.12. The standard InChI is InChI=1S/C17H19N/c1-11-5-4-6-14(7-11)17-10-15-8-12(2)13(3)9-16(15)18-17/h4-9,17-18H,10H2,1-3H3. The number of nitrogens with one attached hydrogen (secondary N) is 1. The van der Waals surface area contributed by atoms with Gasteiger partial charge >= 0.3 is 0 Å². The van der Waals surface area contributed by atoms with Gasteiger partial charge < -0.3 is 5.32 Å². The summed E-state index contributed by atoms with van der Waals surface area (Å²) in [5.74, 6) is 0. The van der Waals surface area contributed by atoms with Crippen LogP contribution in [-0.2, 0) is 6.42 Å². The number of rotatable bonds is 1. The summed E-state index contributed by atoms with van der Waals surface area (Å²) in [5, 5.41) is 3.65. The van der Waals surface area contributed by atoms with Gasteiger partial charge in [-0.25, -0.2) is 0 Å². The number of anilines is 1. The summed E-state index contributed by atoms with van der Waals surface area (Å²) in [7, 11) is 0. The molecule has 0 aliphatic carbocycles. The van der Waals surface area contributed by atoms with Crippen LogP contribution in [0.4, 0.5) is 5.69 Å². The van der Waals surface area contributed by atoms with Crippen molar-refractivity contribution in [2.45, 2.75) is 33.2 Å². The van der Waals surface area contributed by atoms with Gasteiger partial charge in [-0.1, -0.05) is 35.9 Å². The third-order valence-corrected chi connectivity index (χ3v) is 3.92. The largest absolute Gasteiger partial charge is 0.378 e. The third-order valence-electron chi connectivity index (χ3n) is 3.92. The second kappa shape index (κ2) is 4.16. The molecule has 1 unspecified atom stereocenters. The molecule has 0 saturated carbocycles. The van der Waals surface area contributed by atoms with Crippen LogP contribution in [0.3, 0.4) is 0 Å². The molecule has 2 aromatic carbocycles. The molecule has 92 valence electrons. The van der Waals surface area contributed by atoms with E-state index in [1.807, 2.05) is 0 Å². The molecule has 18 heavy (non-hydrogen) atoms. The molecule has 1 heteroatoms. The van der Waals surface area contributed by atoms with E-state index >= 15 is 0 Å². The van der Waals surface area contributed by atoms with Crippen LogP contribution in [0.15, 0.2) is 36.4 Å². The van der Waals surface area contributed by atoms with E-state index in [2.05, 4.69) is 62.5 Å². The highest BCUT2D eigenvalue weighted by atomic mass is 14.9. The van der Waals surface area contributed by atoms with Crippen molar-refractivity contribution >= 4 is 5.69 Å². The summed E-state index contributed by atoms with van der Waals surface area (Å²) in [5.41, 5.74) is 8.24. The van der Waals surface area contributed by atoms with Crippen molar-refractivity contribution in [2.75, 3.05) is 5.32 Å². The maximum Gasteiger partial charge on any atom is 0.0555 e. The zero-order valence-electron chi connectivity index (χ0n) is 11.2. The molecule has 0 amide bonds. The molecule has 0 spiro atoms. The Bertz CT molecular complexity index is 568. The normalized spacial score (nSPS) is 17.4. The first-order valence-electron chi connectivity index (χ1n) is 6.57. The first-order valence-corrected chi connectivity index (χ1v) is 6.57. The molecule has 0 bridgehead atoms. The highest BCUT2D eigenvalue weighted by Crippen LogP contribution is 2.35. The van der Waals surface area contributed by atoms with Gasteiger partial charge in [-0.3, -0.25) is 0 Å². The molecule has 0 fully saturated rings. The third kappa shape index (κ3) is 1.90. The van der Waals surface area contributed by atoms with Crippen LogP contribution in [0.25, 0.3) is 0 Å². The molecule has 1 aliphatic rings. The summed E-state index contributed by atoms with van der Waals surface area (Å²) in [6.45, 7) is 6.52. The van der Waals surface area contributed by atoms with Crippen LogP contribution in [0.2, 0.25) is 0 Å². The Balaban J connectivity index is 1.93. The predicted octanol–water partition coefficient (Wildman–Crippen LogP) is 4.32. The van der Waals surface area contributed by atoms with Crippen molar-refractivity contribution in [1.82, 2.24) is 0 Å². The van der Waals surface area contributed by atoms with Gasteiger partial charge in [0.25, 0.3) is 0 Å². The van der Waals surface area contributed by atoms with Gasteiger partial charge in [0.05, 0.1) is 6.04 Å². The van der Waals surface area contributed by atoms with Crippen molar-refractivity contribution < 1.29 is 0 Å². The van der Waals surface area contributed by atoms with E-state index in [1.54, 1.807) is 0 Å². The fraction of sp³-hybridized carbons (Fsp3) is 0.294. The Hall–Kier alpha value is -1.76. The van der Waals surface area contributed by atoms with E-state index < -0.39 is 0 Å². The summed E-state index contributed by atoms with van der Waals surface area (Å²) in [6, 6.07) is 13.8. The Morgan fingerprint density at radius 3 is 2.56 bits per heavy atom. The van der Waals surface area contributed by atoms with E-state index in [0.29, 0.717) is 6.04 Å². The fourth-order valence-electron chi connectivity index (χ4n) is 2.73. The summed E-state index contributed by atoms with van der Waals surface area (Å²) in [6.07, 6.45) is 1.10. The van der Waals surface area contributed by atoms with E-state index in [9.17, 15) is 0 Å². The minimum Gasteiger partial charge on any atom is -0.378 e. The molecular formula is C17H19N. The van der Waals surface area contributed by atoms with Gasteiger partial charge in [-0.05, 0) is 55.5 Å². The van der Waals surface area contributed by atoms with Crippen LogP contribution in [0, 0.1) is 20.8 Å². The second-order valence-corrected chi connectivity index (χ2v) is 5.41. The van der Waals surface area contributed by atoms with E-state index in [1.165, 1.54) is 33.5 Å². The number of fused-ring (bicyclic) bond motifs is 1. The van der Waals surface area contributed by atoms with E-state index in [0.717, 1.165) is 6.42 Å². The van der Waals surface area contributed by atoms with Crippen LogP contribution < -0.4 is 5.32 Å². The number of aryl methyl sites for hydroxylation is 3. The molecule has 1 N–H and O–H groups in total. The molecule has 0 saturated heterocycles. The van der Waals surface area contributed by atoms with Gasteiger partial charge in [0.2, 0.25) is 0 Å². The van der Waals surface area contributed by atoms with Crippen LogP contribution in [0.1, 0.15) is 33.9 Å². The summed E-state index contributed by atoms with van der Waals surface area (Å²) >= 11 is 0. The quantitative estimate of drug-likeness (QED) is 0.778. The average Bonchev–Trinajstić information content (AvgIpc) is 2.73. The average molecular weight is 237 g/mol. The Morgan fingerprint density at radius 2 is 1.78 bits per heavy atom. The van der Waals surface area contributed by atoms with Crippen LogP contribution >= 0.6 is 0 Å². The Kier molecular flexibility index (Phi) is 2.62. The van der Waals surface area contributed by atoms with Crippen LogP contribution in [-0.4, -0.2) is 0 Å². The summed E-state index contributed by atoms with van der Waals surface area (Å²) < 4.78 is 0. The highest BCUT2D eigenvalue weighted by molar-refractivity contribution is 5.61. The van der Waals surface area contributed by atoms with E-state index in [-0.39, 0.29) is 0 Å². The fourth-order valence-corrected chi connectivity index (χ4v) is 2.73. The van der Waals surface area contributed by atoms with Gasteiger partial charge in [0, 0.05) is 5.69 Å². The molecule has 2 aromatic rings. The van der Waals surface area contributed by atoms with Gasteiger partial charge in [-0.15, -0.1) is 0 Å². The predicted molar refractivity (Wildman–Crippen MR) is 77.2 cm³/mol. The smallest absolute Gasteiger partial charge is 0.0555 e. The SMILES string of the molecule is Cc1cccc(C2Cc3cc(C)c(C)cc3N2)c1. The first kappa shape index (κ1) is 11.3. The number of hydrogen-bond donors (Lipinski definition) is 1. The molecule has 0 aromatic heterocycles. The molecule has 0 radical (unpaired) electrons. The van der Waals surface area contributed by atoms with Crippen molar-refractivity contribution in [3.63, 3.8) is 0 Å². The maximum atomic E-state index is 3.65. The summed E-state index contributed by atoms with van der Waals surface area (Å²) in [4.78, 5) is 0. The zero-order valence-corrected chi connectivity index (χ0v) is 11.2. The molecule has 3 rings (SSSR count). The molecule has 1 nitrogen and oxygen atoms in total. The van der Waals surface area contributed by atoms with Crippen LogP contribution in [0.5, 0.6) is 0 Å². The Morgan fingerprint density at radius 1 is 1.00 bits per heavy atom. The lowest BCUT2D eigenvalue weighted by Crippen LogP contribution is -2.05. The minimum absolute atomic E-state index is 0.432. The van der Waals surface area contributed by atoms with Crippen molar-refractivity contribution in [1.29, 1.82) is 0 Å². The maximum absolute atomic E-state index is 3.65. The minimum atomic E-state index is 0.432. The monoisotopic (exact) mass is 237 g/mol. The van der Waals surface area contributed by atoms with Crippen molar-refractivity contribution in [3.05, 3.63) is 64.2 Å². The topological polar surface area (TPSA) is 12.0 Å². The Labute approximate surface area is 109 Å². The van der Waals surface area contributed by atoms with Gasteiger partial charge in [0.1, 0.15) is 0 Å². The lowest BCUT2D eigenvalue weighted by atomic mass is 9.99. The van der Waals surface area contributed by atoms with Crippen molar-refractivity contribution in [2.24, 2.45) is 0 Å². The molecular weight excluding hydrogens is 218 g/mol. The van der Waals surface area contributed by atoms with E-state index in [4.69, 9.17) is 0 Å². The van der Waals surface area contributed by atoms with Crippen molar-refractivity contribution in [3.8, 4) is 0 Å². The molecule has 1 heterocycles. The first-order chi connectivity index (χ1) is 8.63. The second-order valence-electron chi connectivity index (χ2n) is 5.41. The molecule has 1 aliphatic heterocycles. The number of hydrogen-bond acceptors (Lipinski definition) is 1. The lowest BCUT2D eigenvalue weighted by molar-refractivity contribution is 0.822. The molecule has 1 atom stereocenters. The van der Waals surface area contributed by atoms with Gasteiger partial charge in [0.15, 0.2) is 0 Å². The highest BCUT2D eigenvalue weighted by Gasteiger charge is 2.22. The zero-order chi connectivity index (χ0) is 12.7. The van der Waals surface area contributed by atoms with Gasteiger partial charge in [-0.2, -0.15) is 0 Å².